The molecular formula is C22H17ClN8O. The first kappa shape index (κ1) is 19.8. The van der Waals surface area contributed by atoms with Gasteiger partial charge in [0.25, 0.3) is 0 Å². The minimum atomic E-state index is -0.139. The first-order valence-electron chi connectivity index (χ1n) is 9.77. The molecule has 4 heterocycles. The summed E-state index contributed by atoms with van der Waals surface area (Å²) in [5.41, 5.74) is 3.02. The molecule has 0 spiro atoms. The fraction of sp³-hybridized carbons (Fsp3) is 0.0909. The summed E-state index contributed by atoms with van der Waals surface area (Å²) in [6.45, 7) is 0. The van der Waals surface area contributed by atoms with Gasteiger partial charge in [0.15, 0.2) is 5.65 Å². The van der Waals surface area contributed by atoms with Gasteiger partial charge in [-0.25, -0.2) is 19.9 Å². The average molecular weight is 445 g/mol. The standard InChI is InChI=1S/C22H17ClN8O/c1-30-19(7-10-26-30)29-22-24-9-6-16(28-22)18-13-25-21-17(27-18)8-11-31(21)20(32)12-14-4-2-3-5-15(14)23/h2-11,13H,12H2,1H3,(H,24,28,29). The third kappa shape index (κ3) is 3.81. The van der Waals surface area contributed by atoms with Crippen molar-refractivity contribution in [3.8, 4) is 11.4 Å². The van der Waals surface area contributed by atoms with Crippen LogP contribution in [0.15, 0.2) is 67.3 Å². The highest BCUT2D eigenvalue weighted by atomic mass is 35.5. The van der Waals surface area contributed by atoms with Crippen LogP contribution in [0.3, 0.4) is 0 Å². The number of carbonyl (C=O) groups excluding carboxylic acids is 1. The van der Waals surface area contributed by atoms with E-state index in [1.807, 2.05) is 31.3 Å². The molecule has 0 saturated heterocycles. The molecule has 0 aliphatic carbocycles. The Bertz CT molecular complexity index is 1440. The van der Waals surface area contributed by atoms with E-state index < -0.39 is 0 Å². The Hall–Kier alpha value is -4.11. The first-order valence-corrected chi connectivity index (χ1v) is 10.2. The molecule has 0 atom stereocenters. The summed E-state index contributed by atoms with van der Waals surface area (Å²) in [6, 6.07) is 12.6. The largest absolute Gasteiger partial charge is 0.309 e. The summed E-state index contributed by atoms with van der Waals surface area (Å²) < 4.78 is 3.18. The number of hydrogen-bond donors (Lipinski definition) is 1. The minimum absolute atomic E-state index is 0.139. The summed E-state index contributed by atoms with van der Waals surface area (Å²) in [7, 11) is 1.82. The molecule has 10 heteroatoms. The smallest absolute Gasteiger partial charge is 0.236 e. The number of fused-ring (bicyclic) bond motifs is 1. The molecule has 1 N–H and O–H groups in total. The van der Waals surface area contributed by atoms with E-state index in [0.717, 1.165) is 11.4 Å². The SMILES string of the molecule is Cn1nccc1Nc1nccc(-c2cnc3c(ccn3C(=O)Cc3ccccc3Cl)n2)n1. The van der Waals surface area contributed by atoms with E-state index >= 15 is 0 Å². The first-order chi connectivity index (χ1) is 15.6. The van der Waals surface area contributed by atoms with Crippen molar-refractivity contribution < 1.29 is 4.79 Å². The van der Waals surface area contributed by atoms with Gasteiger partial charge in [-0.05, 0) is 23.8 Å². The number of carbonyl (C=O) groups is 1. The molecule has 4 aromatic heterocycles. The van der Waals surface area contributed by atoms with Crippen molar-refractivity contribution in [1.29, 1.82) is 0 Å². The van der Waals surface area contributed by atoms with Gasteiger partial charge in [-0.3, -0.25) is 14.0 Å². The van der Waals surface area contributed by atoms with Crippen molar-refractivity contribution >= 4 is 40.4 Å². The number of benzene rings is 1. The third-order valence-corrected chi connectivity index (χ3v) is 5.30. The average Bonchev–Trinajstić information content (AvgIpc) is 3.41. The highest BCUT2D eigenvalue weighted by Gasteiger charge is 2.15. The summed E-state index contributed by atoms with van der Waals surface area (Å²) >= 11 is 6.19. The van der Waals surface area contributed by atoms with E-state index in [1.54, 1.807) is 47.7 Å². The lowest BCUT2D eigenvalue weighted by Crippen LogP contribution is -2.13. The highest BCUT2D eigenvalue weighted by Crippen LogP contribution is 2.21. The Morgan fingerprint density at radius 2 is 1.91 bits per heavy atom. The van der Waals surface area contributed by atoms with Crippen LogP contribution in [0.25, 0.3) is 22.6 Å². The fourth-order valence-corrected chi connectivity index (χ4v) is 3.50. The summed E-state index contributed by atoms with van der Waals surface area (Å²) in [6.07, 6.45) is 6.76. The van der Waals surface area contributed by atoms with Crippen LogP contribution < -0.4 is 5.32 Å². The van der Waals surface area contributed by atoms with Gasteiger partial charge in [-0.2, -0.15) is 5.10 Å². The van der Waals surface area contributed by atoms with Crippen LogP contribution in [0.2, 0.25) is 5.02 Å². The second-order valence-corrected chi connectivity index (χ2v) is 7.45. The van der Waals surface area contributed by atoms with Gasteiger partial charge in [-0.15, -0.1) is 0 Å². The molecule has 158 valence electrons. The fourth-order valence-electron chi connectivity index (χ4n) is 3.30. The lowest BCUT2D eigenvalue weighted by atomic mass is 10.1. The zero-order valence-electron chi connectivity index (χ0n) is 17.0. The molecular weight excluding hydrogens is 428 g/mol. The number of aryl methyl sites for hydroxylation is 1. The summed E-state index contributed by atoms with van der Waals surface area (Å²) in [5.74, 6) is 1.04. The van der Waals surface area contributed by atoms with Gasteiger partial charge in [0.05, 0.1) is 24.5 Å². The number of nitrogens with zero attached hydrogens (tertiary/aromatic N) is 7. The van der Waals surface area contributed by atoms with Gasteiger partial charge in [-0.1, -0.05) is 29.8 Å². The number of halogens is 1. The van der Waals surface area contributed by atoms with Crippen LogP contribution in [0, 0.1) is 0 Å². The number of anilines is 2. The van der Waals surface area contributed by atoms with E-state index in [0.29, 0.717) is 33.5 Å². The molecule has 9 nitrogen and oxygen atoms in total. The van der Waals surface area contributed by atoms with Gasteiger partial charge >= 0.3 is 0 Å². The molecule has 0 bridgehead atoms. The van der Waals surface area contributed by atoms with Crippen LogP contribution in [0.5, 0.6) is 0 Å². The number of hydrogen-bond acceptors (Lipinski definition) is 7. The summed E-state index contributed by atoms with van der Waals surface area (Å²) in [4.78, 5) is 30.7. The molecule has 1 aromatic carbocycles. The van der Waals surface area contributed by atoms with Crippen molar-refractivity contribution in [2.24, 2.45) is 7.05 Å². The molecule has 0 unspecified atom stereocenters. The van der Waals surface area contributed by atoms with Crippen molar-refractivity contribution in [2.45, 2.75) is 6.42 Å². The zero-order chi connectivity index (χ0) is 22.1. The van der Waals surface area contributed by atoms with Crippen molar-refractivity contribution in [2.75, 3.05) is 5.32 Å². The van der Waals surface area contributed by atoms with Crippen molar-refractivity contribution in [1.82, 2.24) is 34.3 Å². The van der Waals surface area contributed by atoms with Crippen molar-refractivity contribution in [3.05, 3.63) is 77.8 Å². The van der Waals surface area contributed by atoms with Gasteiger partial charge in [0.2, 0.25) is 11.9 Å². The highest BCUT2D eigenvalue weighted by molar-refractivity contribution is 6.31. The maximum Gasteiger partial charge on any atom is 0.236 e. The molecule has 0 aliphatic heterocycles. The second kappa shape index (κ2) is 8.20. The Morgan fingerprint density at radius 3 is 2.72 bits per heavy atom. The molecule has 0 amide bonds. The van der Waals surface area contributed by atoms with E-state index in [-0.39, 0.29) is 12.3 Å². The monoisotopic (exact) mass is 444 g/mol. The molecule has 0 fully saturated rings. The van der Waals surface area contributed by atoms with Gasteiger partial charge in [0, 0.05) is 30.5 Å². The second-order valence-electron chi connectivity index (χ2n) is 7.04. The maximum absolute atomic E-state index is 12.8. The minimum Gasteiger partial charge on any atom is -0.309 e. The van der Waals surface area contributed by atoms with E-state index in [2.05, 4.69) is 30.4 Å². The molecule has 5 rings (SSSR count). The van der Waals surface area contributed by atoms with Crippen LogP contribution in [0.1, 0.15) is 10.4 Å². The summed E-state index contributed by atoms with van der Waals surface area (Å²) in [5, 5.41) is 7.79. The van der Waals surface area contributed by atoms with Gasteiger partial charge in [0.1, 0.15) is 17.0 Å². The van der Waals surface area contributed by atoms with Crippen LogP contribution >= 0.6 is 11.6 Å². The Kier molecular flexibility index (Phi) is 5.08. The molecule has 32 heavy (non-hydrogen) atoms. The Balaban J connectivity index is 1.42. The van der Waals surface area contributed by atoms with Crippen molar-refractivity contribution in [3.63, 3.8) is 0 Å². The van der Waals surface area contributed by atoms with E-state index in [9.17, 15) is 4.79 Å². The van der Waals surface area contributed by atoms with Crippen LogP contribution in [0.4, 0.5) is 11.8 Å². The zero-order valence-corrected chi connectivity index (χ0v) is 17.7. The molecule has 0 aliphatic rings. The Morgan fingerprint density at radius 1 is 1.03 bits per heavy atom. The number of nitrogens with one attached hydrogen (secondary N) is 1. The predicted octanol–water partition coefficient (Wildman–Crippen LogP) is 3.90. The van der Waals surface area contributed by atoms with Crippen LogP contribution in [-0.2, 0) is 13.5 Å². The van der Waals surface area contributed by atoms with Crippen LogP contribution in [-0.4, -0.2) is 40.2 Å². The quantitative estimate of drug-likeness (QED) is 0.438. The lowest BCUT2D eigenvalue weighted by molar-refractivity contribution is 0.0919. The number of rotatable bonds is 5. The third-order valence-electron chi connectivity index (χ3n) is 4.94. The number of aromatic nitrogens is 7. The van der Waals surface area contributed by atoms with Gasteiger partial charge < -0.3 is 5.32 Å². The topological polar surface area (TPSA) is 103 Å². The normalized spacial score (nSPS) is 11.1. The Labute approximate surface area is 187 Å². The predicted molar refractivity (Wildman–Crippen MR) is 121 cm³/mol. The molecule has 0 radical (unpaired) electrons. The van der Waals surface area contributed by atoms with E-state index in [4.69, 9.17) is 11.6 Å². The maximum atomic E-state index is 12.8. The molecule has 0 saturated carbocycles. The molecule has 5 aromatic rings. The lowest BCUT2D eigenvalue weighted by Gasteiger charge is -2.07. The van der Waals surface area contributed by atoms with E-state index in [1.165, 1.54) is 4.57 Å².